The predicted octanol–water partition coefficient (Wildman–Crippen LogP) is 4.45. The van der Waals surface area contributed by atoms with Crippen molar-refractivity contribution in [3.8, 4) is 11.1 Å². The molecule has 0 atom stereocenters. The molecule has 1 amide bonds. The first-order valence-electron chi connectivity index (χ1n) is 9.28. The molecule has 0 aromatic heterocycles. The second-order valence-electron chi connectivity index (χ2n) is 6.77. The van der Waals surface area contributed by atoms with E-state index >= 15 is 0 Å². The maximum absolute atomic E-state index is 12.6. The molecule has 4 rings (SSSR count). The second-order valence-corrected chi connectivity index (χ2v) is 9.06. The molecule has 2 N–H and O–H groups in total. The molecule has 6 nitrogen and oxygen atoms in total. The van der Waals surface area contributed by atoms with Crippen molar-refractivity contribution in [2.45, 2.75) is 6.92 Å². The standard InChI is InChI=1S/C22H21N3O3S/c1-3-29(27,28)25(2)21-11-7-4-8-16(21)15-12-13-17-20(14-15)23-18-9-5-6-10-19(18)24-22(17)26/h4-14,23H,3H2,1-2H3,(H,24,26). The number of rotatable bonds is 4. The number of fused-ring (bicyclic) bond motifs is 2. The number of anilines is 4. The third kappa shape index (κ3) is 3.45. The first-order chi connectivity index (χ1) is 13.9. The third-order valence-corrected chi connectivity index (χ3v) is 6.81. The summed E-state index contributed by atoms with van der Waals surface area (Å²) in [5.74, 6) is -0.177. The number of benzene rings is 3. The number of hydrogen-bond acceptors (Lipinski definition) is 4. The number of sulfonamides is 1. The summed E-state index contributed by atoms with van der Waals surface area (Å²) in [4.78, 5) is 12.6. The Labute approximate surface area is 170 Å². The number of para-hydroxylation sites is 3. The van der Waals surface area contributed by atoms with Crippen LogP contribution in [-0.2, 0) is 10.0 Å². The van der Waals surface area contributed by atoms with Gasteiger partial charge < -0.3 is 10.6 Å². The number of nitrogens with zero attached hydrogens (tertiary/aromatic N) is 1. The fourth-order valence-corrected chi connectivity index (χ4v) is 4.23. The molecule has 0 aliphatic carbocycles. The molecule has 0 bridgehead atoms. The Balaban J connectivity index is 1.83. The van der Waals surface area contributed by atoms with Crippen molar-refractivity contribution in [3.05, 3.63) is 72.3 Å². The summed E-state index contributed by atoms with van der Waals surface area (Å²) in [5.41, 5.74) is 4.89. The molecule has 0 saturated heterocycles. The van der Waals surface area contributed by atoms with Crippen LogP contribution in [0.2, 0.25) is 0 Å². The minimum atomic E-state index is -3.40. The molecule has 7 heteroatoms. The average molecular weight is 407 g/mol. The monoisotopic (exact) mass is 407 g/mol. The van der Waals surface area contributed by atoms with Crippen molar-refractivity contribution < 1.29 is 13.2 Å². The molecule has 0 fully saturated rings. The van der Waals surface area contributed by atoms with Gasteiger partial charge in [0.25, 0.3) is 5.91 Å². The van der Waals surface area contributed by atoms with E-state index in [9.17, 15) is 13.2 Å². The topological polar surface area (TPSA) is 78.5 Å². The summed E-state index contributed by atoms with van der Waals surface area (Å²) >= 11 is 0. The normalized spacial score (nSPS) is 12.8. The molecule has 1 heterocycles. The van der Waals surface area contributed by atoms with Gasteiger partial charge in [-0.25, -0.2) is 8.42 Å². The van der Waals surface area contributed by atoms with Crippen LogP contribution < -0.4 is 14.9 Å². The van der Waals surface area contributed by atoms with E-state index in [0.29, 0.717) is 22.6 Å². The molecule has 3 aromatic carbocycles. The number of nitrogens with one attached hydrogen (secondary N) is 2. The van der Waals surface area contributed by atoms with Crippen LogP contribution in [0.1, 0.15) is 17.3 Å². The fourth-order valence-electron chi connectivity index (χ4n) is 3.38. The Morgan fingerprint density at radius 3 is 2.21 bits per heavy atom. The quantitative estimate of drug-likeness (QED) is 0.670. The Kier molecular flexibility index (Phi) is 4.76. The van der Waals surface area contributed by atoms with Gasteiger partial charge in [-0.1, -0.05) is 36.4 Å². The van der Waals surface area contributed by atoms with Crippen LogP contribution in [0.15, 0.2) is 66.7 Å². The molecule has 0 radical (unpaired) electrons. The Morgan fingerprint density at radius 1 is 0.828 bits per heavy atom. The lowest BCUT2D eigenvalue weighted by molar-refractivity contribution is 0.102. The number of hydrogen-bond donors (Lipinski definition) is 2. The van der Waals surface area contributed by atoms with E-state index in [-0.39, 0.29) is 11.7 Å². The molecule has 148 valence electrons. The van der Waals surface area contributed by atoms with Crippen molar-refractivity contribution in [1.82, 2.24) is 0 Å². The van der Waals surface area contributed by atoms with Crippen LogP contribution >= 0.6 is 0 Å². The molecular formula is C22H21N3O3S. The SMILES string of the molecule is CCS(=O)(=O)N(C)c1ccccc1-c1ccc2c(c1)Nc1ccccc1NC2=O. The van der Waals surface area contributed by atoms with Crippen LogP contribution in [-0.4, -0.2) is 27.1 Å². The van der Waals surface area contributed by atoms with E-state index in [1.165, 1.54) is 4.31 Å². The summed E-state index contributed by atoms with van der Waals surface area (Å²) < 4.78 is 26.1. The summed E-state index contributed by atoms with van der Waals surface area (Å²) in [6.45, 7) is 1.62. The van der Waals surface area contributed by atoms with Gasteiger partial charge in [-0.3, -0.25) is 9.10 Å². The highest BCUT2D eigenvalue weighted by Crippen LogP contribution is 2.37. The smallest absolute Gasteiger partial charge is 0.257 e. The molecule has 29 heavy (non-hydrogen) atoms. The van der Waals surface area contributed by atoms with Gasteiger partial charge >= 0.3 is 0 Å². The fraction of sp³-hybridized carbons (Fsp3) is 0.136. The van der Waals surface area contributed by atoms with Gasteiger partial charge in [0.1, 0.15) is 0 Å². The maximum Gasteiger partial charge on any atom is 0.257 e. The van der Waals surface area contributed by atoms with Crippen molar-refractivity contribution >= 4 is 38.7 Å². The lowest BCUT2D eigenvalue weighted by atomic mass is 10.0. The molecule has 1 aliphatic heterocycles. The second kappa shape index (κ2) is 7.25. The van der Waals surface area contributed by atoms with E-state index in [1.54, 1.807) is 26.1 Å². The summed E-state index contributed by atoms with van der Waals surface area (Å²) in [5, 5.41) is 6.22. The van der Waals surface area contributed by atoms with Gasteiger partial charge in [-0.2, -0.15) is 0 Å². The molecular weight excluding hydrogens is 386 g/mol. The Hall–Kier alpha value is -3.32. The van der Waals surface area contributed by atoms with Crippen LogP contribution in [0, 0.1) is 0 Å². The van der Waals surface area contributed by atoms with Gasteiger partial charge in [0.2, 0.25) is 10.0 Å². The molecule has 1 aliphatic rings. The highest BCUT2D eigenvalue weighted by Gasteiger charge is 2.22. The lowest BCUT2D eigenvalue weighted by Gasteiger charge is -2.22. The largest absolute Gasteiger partial charge is 0.353 e. The van der Waals surface area contributed by atoms with Gasteiger partial charge in [-0.05, 0) is 42.8 Å². The number of carbonyl (C=O) groups is 1. The zero-order chi connectivity index (χ0) is 20.6. The molecule has 0 unspecified atom stereocenters. The minimum Gasteiger partial charge on any atom is -0.353 e. The molecule has 0 spiro atoms. The van der Waals surface area contributed by atoms with E-state index in [4.69, 9.17) is 0 Å². The van der Waals surface area contributed by atoms with Crippen molar-refractivity contribution in [2.24, 2.45) is 0 Å². The van der Waals surface area contributed by atoms with E-state index in [1.807, 2.05) is 54.6 Å². The molecule has 3 aromatic rings. The predicted molar refractivity (Wildman–Crippen MR) is 117 cm³/mol. The van der Waals surface area contributed by atoms with Gasteiger partial charge in [0, 0.05) is 12.6 Å². The summed E-state index contributed by atoms with van der Waals surface area (Å²) in [7, 11) is -1.84. The minimum absolute atomic E-state index is 0.0144. The van der Waals surface area contributed by atoms with E-state index < -0.39 is 10.0 Å². The lowest BCUT2D eigenvalue weighted by Crippen LogP contribution is -2.28. The Bertz CT molecular complexity index is 1210. The average Bonchev–Trinajstić information content (AvgIpc) is 2.88. The van der Waals surface area contributed by atoms with Gasteiger partial charge in [0.05, 0.1) is 34.1 Å². The van der Waals surface area contributed by atoms with Crippen molar-refractivity contribution in [1.29, 1.82) is 0 Å². The van der Waals surface area contributed by atoms with Gasteiger partial charge in [0.15, 0.2) is 0 Å². The number of amides is 1. The maximum atomic E-state index is 12.6. The van der Waals surface area contributed by atoms with Gasteiger partial charge in [-0.15, -0.1) is 0 Å². The van der Waals surface area contributed by atoms with E-state index in [2.05, 4.69) is 10.6 Å². The first kappa shape index (κ1) is 19.0. The van der Waals surface area contributed by atoms with Crippen LogP contribution in [0.25, 0.3) is 11.1 Å². The van der Waals surface area contributed by atoms with Crippen LogP contribution in [0.5, 0.6) is 0 Å². The third-order valence-electron chi connectivity index (χ3n) is 5.05. The highest BCUT2D eigenvalue weighted by molar-refractivity contribution is 7.92. The highest BCUT2D eigenvalue weighted by atomic mass is 32.2. The zero-order valence-corrected chi connectivity index (χ0v) is 17.0. The van der Waals surface area contributed by atoms with E-state index in [0.717, 1.165) is 16.8 Å². The van der Waals surface area contributed by atoms with Crippen LogP contribution in [0.3, 0.4) is 0 Å². The zero-order valence-electron chi connectivity index (χ0n) is 16.1. The number of carbonyl (C=O) groups excluding carboxylic acids is 1. The first-order valence-corrected chi connectivity index (χ1v) is 10.9. The van der Waals surface area contributed by atoms with Crippen LogP contribution in [0.4, 0.5) is 22.7 Å². The Morgan fingerprint density at radius 2 is 1.48 bits per heavy atom. The summed E-state index contributed by atoms with van der Waals surface area (Å²) in [6, 6.07) is 20.3. The molecule has 0 saturated carbocycles. The summed E-state index contributed by atoms with van der Waals surface area (Å²) in [6.07, 6.45) is 0. The van der Waals surface area contributed by atoms with Crippen molar-refractivity contribution in [2.75, 3.05) is 27.7 Å². The van der Waals surface area contributed by atoms with Crippen molar-refractivity contribution in [3.63, 3.8) is 0 Å².